The second kappa shape index (κ2) is 14.7. The van der Waals surface area contributed by atoms with Gasteiger partial charge < -0.3 is 15.7 Å². The molecule has 3 N–H and O–H groups in total. The van der Waals surface area contributed by atoms with Gasteiger partial charge in [0.1, 0.15) is 12.1 Å². The second-order valence-corrected chi connectivity index (χ2v) is 13.9. The van der Waals surface area contributed by atoms with E-state index in [0.717, 1.165) is 39.1 Å². The minimum atomic E-state index is -1.16. The molecule has 2 amide bonds. The number of thiophene rings is 1. The summed E-state index contributed by atoms with van der Waals surface area (Å²) in [5, 5.41) is 14.6. The summed E-state index contributed by atoms with van der Waals surface area (Å²) in [6.45, 7) is 9.74. The van der Waals surface area contributed by atoms with Gasteiger partial charge in [-0.15, -0.1) is 11.3 Å². The van der Waals surface area contributed by atoms with Gasteiger partial charge in [0.05, 0.1) is 4.88 Å². The molecule has 0 unspecified atom stereocenters. The highest BCUT2D eigenvalue weighted by atomic mass is 32.1. The van der Waals surface area contributed by atoms with Crippen molar-refractivity contribution < 1.29 is 19.5 Å². The summed E-state index contributed by atoms with van der Waals surface area (Å²) in [6, 6.07) is 26.0. The van der Waals surface area contributed by atoms with Crippen LogP contribution < -0.4 is 10.6 Å². The maximum Gasteiger partial charge on any atom is 0.325 e. The molecule has 0 saturated carbocycles. The number of aliphatic carboxylic acids is 1. The molecule has 0 fully saturated rings. The summed E-state index contributed by atoms with van der Waals surface area (Å²) >= 11 is 1.37. The van der Waals surface area contributed by atoms with Crippen LogP contribution in [0.1, 0.15) is 60.3 Å². The quantitative estimate of drug-likeness (QED) is 0.136. The smallest absolute Gasteiger partial charge is 0.325 e. The molecule has 0 spiro atoms. The molecule has 3 aromatic carbocycles. The zero-order chi connectivity index (χ0) is 34.4. The van der Waals surface area contributed by atoms with Crippen LogP contribution >= 0.6 is 11.3 Å². The Hall–Kier alpha value is -5.15. The fourth-order valence-electron chi connectivity index (χ4n) is 5.12. The predicted octanol–water partition coefficient (Wildman–Crippen LogP) is 7.33. The minimum absolute atomic E-state index is 0.115. The molecule has 9 heteroatoms. The van der Waals surface area contributed by atoms with Gasteiger partial charge in [-0.25, -0.2) is 9.97 Å². The fraction of sp³-hybridized carbons (Fsp3) is 0.256. The van der Waals surface area contributed by atoms with E-state index in [2.05, 4.69) is 96.8 Å². The number of rotatable bonds is 11. The number of carboxylic acids is 1. The van der Waals surface area contributed by atoms with Crippen molar-refractivity contribution in [3.63, 3.8) is 0 Å². The Labute approximate surface area is 285 Å². The number of benzene rings is 3. The van der Waals surface area contributed by atoms with Crippen molar-refractivity contribution in [2.45, 2.75) is 65.0 Å². The molecule has 0 aliphatic heterocycles. The molecule has 5 aromatic rings. The number of carbonyl (C=O) groups excluding carboxylic acids is 2. The van der Waals surface area contributed by atoms with Crippen molar-refractivity contribution in [3.05, 3.63) is 118 Å². The summed E-state index contributed by atoms with van der Waals surface area (Å²) in [7, 11) is 0. The second-order valence-electron chi connectivity index (χ2n) is 12.8. The van der Waals surface area contributed by atoms with Crippen LogP contribution in [-0.2, 0) is 27.8 Å². The molecule has 2 aromatic heterocycles. The van der Waals surface area contributed by atoms with Gasteiger partial charge in [0.25, 0.3) is 5.91 Å². The summed E-state index contributed by atoms with van der Waals surface area (Å²) in [6.07, 6.45) is 4.79. The number of carboxylic acid groups (broad SMARTS) is 1. The zero-order valence-corrected chi connectivity index (χ0v) is 28.6. The highest BCUT2D eigenvalue weighted by molar-refractivity contribution is 7.14. The number of aromatic nitrogens is 2. The highest BCUT2D eigenvalue weighted by Gasteiger charge is 2.26. The van der Waals surface area contributed by atoms with Gasteiger partial charge in [-0.3, -0.25) is 14.4 Å². The Morgan fingerprint density at radius 1 is 0.729 bits per heavy atom. The lowest BCUT2D eigenvalue weighted by Gasteiger charge is -2.20. The molecule has 0 aliphatic rings. The van der Waals surface area contributed by atoms with Crippen molar-refractivity contribution >= 4 is 29.1 Å². The van der Waals surface area contributed by atoms with E-state index in [0.29, 0.717) is 10.7 Å². The number of amides is 2. The zero-order valence-electron chi connectivity index (χ0n) is 27.8. The van der Waals surface area contributed by atoms with E-state index in [9.17, 15) is 19.5 Å². The van der Waals surface area contributed by atoms with E-state index in [1.54, 1.807) is 18.5 Å². The van der Waals surface area contributed by atoms with Crippen molar-refractivity contribution in [1.29, 1.82) is 0 Å². The van der Waals surface area contributed by atoms with Gasteiger partial charge in [-0.1, -0.05) is 100 Å². The Kier molecular flexibility index (Phi) is 10.5. The SMILES string of the molecule is CCc1ccc(-c2ccc(-c3cnc(-c4ccc(C[C@H](NC(=O)c5ccc(C(C)(C)C)s5)C(=O)N[C@H](C)C(=O)O)cc4)nc3)cc2)cc1. The number of nitrogens with zero attached hydrogens (tertiary/aromatic N) is 2. The molecule has 2 heterocycles. The molecule has 2 atom stereocenters. The fourth-order valence-corrected chi connectivity index (χ4v) is 6.08. The largest absolute Gasteiger partial charge is 0.480 e. The van der Waals surface area contributed by atoms with Crippen molar-refractivity contribution in [3.8, 4) is 33.6 Å². The first-order valence-electron chi connectivity index (χ1n) is 16.0. The molecule has 5 rings (SSSR count). The maximum absolute atomic E-state index is 13.2. The highest BCUT2D eigenvalue weighted by Crippen LogP contribution is 2.30. The van der Waals surface area contributed by atoms with Crippen LogP contribution in [0.5, 0.6) is 0 Å². The number of hydrogen-bond donors (Lipinski definition) is 3. The van der Waals surface area contributed by atoms with Gasteiger partial charge in [-0.2, -0.15) is 0 Å². The van der Waals surface area contributed by atoms with E-state index in [1.165, 1.54) is 29.4 Å². The van der Waals surface area contributed by atoms with Gasteiger partial charge in [-0.05, 0) is 58.7 Å². The summed E-state index contributed by atoms with van der Waals surface area (Å²) in [5.41, 5.74) is 7.03. The van der Waals surface area contributed by atoms with Crippen LogP contribution in [0.3, 0.4) is 0 Å². The first-order chi connectivity index (χ1) is 22.9. The predicted molar refractivity (Wildman–Crippen MR) is 191 cm³/mol. The minimum Gasteiger partial charge on any atom is -0.480 e. The van der Waals surface area contributed by atoms with Gasteiger partial charge in [0.2, 0.25) is 5.91 Å². The summed E-state index contributed by atoms with van der Waals surface area (Å²) in [4.78, 5) is 48.4. The van der Waals surface area contributed by atoms with Crippen LogP contribution in [-0.4, -0.2) is 44.9 Å². The van der Waals surface area contributed by atoms with Crippen molar-refractivity contribution in [2.24, 2.45) is 0 Å². The Balaban J connectivity index is 1.27. The summed E-state index contributed by atoms with van der Waals surface area (Å²) in [5.74, 6) is -1.56. The maximum atomic E-state index is 13.2. The topological polar surface area (TPSA) is 121 Å². The van der Waals surface area contributed by atoms with Crippen LogP contribution in [0.4, 0.5) is 0 Å². The Morgan fingerprint density at radius 2 is 1.25 bits per heavy atom. The number of hydrogen-bond acceptors (Lipinski definition) is 6. The first kappa shape index (κ1) is 34.2. The van der Waals surface area contributed by atoms with E-state index in [-0.39, 0.29) is 17.7 Å². The van der Waals surface area contributed by atoms with Crippen molar-refractivity contribution in [2.75, 3.05) is 0 Å². The molecular formula is C39H40N4O4S. The monoisotopic (exact) mass is 660 g/mol. The van der Waals surface area contributed by atoms with E-state index in [1.807, 2.05) is 30.3 Å². The normalized spacial score (nSPS) is 12.6. The average Bonchev–Trinajstić information content (AvgIpc) is 3.60. The Morgan fingerprint density at radius 3 is 1.77 bits per heavy atom. The number of carbonyl (C=O) groups is 3. The standard InChI is InChI=1S/C39H40N4O4S/c1-6-25-7-11-27(12-8-25)28-15-17-29(18-16-28)31-22-40-35(41-23-31)30-13-9-26(10-14-30)21-32(36(44)42-24(2)38(46)47)43-37(45)33-19-20-34(48-33)39(3,4)5/h7-20,22-24,32H,6,21H2,1-5H3,(H,42,44)(H,43,45)(H,46,47)/t24-,32+/m1/s1. The molecular weight excluding hydrogens is 621 g/mol. The lowest BCUT2D eigenvalue weighted by atomic mass is 9.95. The van der Waals surface area contributed by atoms with Crippen LogP contribution in [0.2, 0.25) is 0 Å². The van der Waals surface area contributed by atoms with Crippen LogP contribution in [0.15, 0.2) is 97.3 Å². The number of aryl methyl sites for hydroxylation is 1. The van der Waals surface area contributed by atoms with Crippen LogP contribution in [0.25, 0.3) is 33.6 Å². The third kappa shape index (κ3) is 8.41. The molecule has 246 valence electrons. The lowest BCUT2D eigenvalue weighted by molar-refractivity contribution is -0.141. The third-order valence-electron chi connectivity index (χ3n) is 8.14. The number of nitrogens with one attached hydrogen (secondary N) is 2. The average molecular weight is 661 g/mol. The molecule has 0 aliphatic carbocycles. The Bertz CT molecular complexity index is 1880. The van der Waals surface area contributed by atoms with Gasteiger partial charge in [0.15, 0.2) is 5.82 Å². The summed E-state index contributed by atoms with van der Waals surface area (Å²) < 4.78 is 0. The van der Waals surface area contributed by atoms with Gasteiger partial charge in [0, 0.05) is 34.8 Å². The molecule has 0 saturated heterocycles. The van der Waals surface area contributed by atoms with Crippen LogP contribution in [0, 0.1) is 0 Å². The van der Waals surface area contributed by atoms with E-state index >= 15 is 0 Å². The molecule has 0 bridgehead atoms. The van der Waals surface area contributed by atoms with Gasteiger partial charge >= 0.3 is 5.97 Å². The third-order valence-corrected chi connectivity index (χ3v) is 9.65. The molecule has 8 nitrogen and oxygen atoms in total. The lowest BCUT2D eigenvalue weighted by Crippen LogP contribution is -2.51. The van der Waals surface area contributed by atoms with E-state index in [4.69, 9.17) is 0 Å². The van der Waals surface area contributed by atoms with Crippen molar-refractivity contribution in [1.82, 2.24) is 20.6 Å². The first-order valence-corrected chi connectivity index (χ1v) is 16.8. The molecule has 48 heavy (non-hydrogen) atoms. The van der Waals surface area contributed by atoms with E-state index < -0.39 is 24.0 Å². The molecule has 0 radical (unpaired) electrons.